The summed E-state index contributed by atoms with van der Waals surface area (Å²) in [7, 11) is 0. The minimum absolute atomic E-state index is 0.921. The van der Waals surface area contributed by atoms with Gasteiger partial charge in [0.05, 0.1) is 0 Å². The van der Waals surface area contributed by atoms with Crippen LogP contribution in [-0.2, 0) is 6.42 Å². The van der Waals surface area contributed by atoms with E-state index in [0.717, 1.165) is 33.9 Å². The molecule has 0 N–H and O–H groups in total. The standard InChI is InChI=1S/C43H26O/c1-3-13-35-33(11-1)41(27-21-19-26(20-22-27)31-15-7-9-28-23-29-24-30(29)25-39(28)31)34-12-2-4-14-36(34)42(35)38-17-8-16-37-32-10-5-6-18-40(32)44-43(37)38/h1-23,25H,24H2. The fraction of sp³-hybridized carbons (Fsp3) is 0.0233. The maximum Gasteiger partial charge on any atom is 0.143 e. The van der Waals surface area contributed by atoms with Crippen LogP contribution in [0.1, 0.15) is 11.1 Å². The van der Waals surface area contributed by atoms with Crippen molar-refractivity contribution < 1.29 is 4.42 Å². The van der Waals surface area contributed by atoms with Crippen molar-refractivity contribution in [2.75, 3.05) is 0 Å². The van der Waals surface area contributed by atoms with Gasteiger partial charge < -0.3 is 4.42 Å². The maximum absolute atomic E-state index is 6.55. The van der Waals surface area contributed by atoms with Crippen molar-refractivity contribution in [3.8, 4) is 33.4 Å². The van der Waals surface area contributed by atoms with Gasteiger partial charge in [-0.05, 0) is 84.3 Å². The van der Waals surface area contributed by atoms with E-state index >= 15 is 0 Å². The first-order chi connectivity index (χ1) is 21.8. The van der Waals surface area contributed by atoms with Crippen LogP contribution in [0.5, 0.6) is 0 Å². The Labute approximate surface area is 254 Å². The highest BCUT2D eigenvalue weighted by molar-refractivity contribution is 6.24. The molecule has 0 fully saturated rings. The van der Waals surface area contributed by atoms with Crippen LogP contribution in [0, 0.1) is 0 Å². The van der Waals surface area contributed by atoms with E-state index in [4.69, 9.17) is 4.42 Å². The Bertz CT molecular complexity index is 2560. The lowest BCUT2D eigenvalue weighted by Gasteiger charge is -2.18. The van der Waals surface area contributed by atoms with Crippen molar-refractivity contribution in [3.63, 3.8) is 0 Å². The molecule has 1 nitrogen and oxygen atoms in total. The van der Waals surface area contributed by atoms with Gasteiger partial charge in [-0.2, -0.15) is 0 Å². The van der Waals surface area contributed by atoms with Gasteiger partial charge >= 0.3 is 0 Å². The summed E-state index contributed by atoms with van der Waals surface area (Å²) in [6, 6.07) is 53.2. The molecule has 0 saturated carbocycles. The fourth-order valence-electron chi connectivity index (χ4n) is 7.42. The van der Waals surface area contributed by atoms with Crippen LogP contribution in [0.3, 0.4) is 0 Å². The zero-order chi connectivity index (χ0) is 28.8. The largest absolute Gasteiger partial charge is 0.455 e. The lowest BCUT2D eigenvalue weighted by molar-refractivity contribution is 0.670. The molecule has 44 heavy (non-hydrogen) atoms. The lowest BCUT2D eigenvalue weighted by atomic mass is 9.85. The molecule has 0 radical (unpaired) electrons. The summed E-state index contributed by atoms with van der Waals surface area (Å²) < 4.78 is 6.55. The first-order valence-electron chi connectivity index (χ1n) is 15.3. The summed E-state index contributed by atoms with van der Waals surface area (Å²) >= 11 is 0. The van der Waals surface area contributed by atoms with Crippen LogP contribution < -0.4 is 0 Å². The van der Waals surface area contributed by atoms with E-state index in [9.17, 15) is 0 Å². The second kappa shape index (κ2) is 8.92. The molecule has 8 aromatic carbocycles. The quantitative estimate of drug-likeness (QED) is 0.197. The van der Waals surface area contributed by atoms with Crippen LogP contribution in [0.15, 0.2) is 150 Å². The van der Waals surface area contributed by atoms with Crippen LogP contribution in [0.2, 0.25) is 0 Å². The Morgan fingerprint density at radius 3 is 1.70 bits per heavy atom. The van der Waals surface area contributed by atoms with Gasteiger partial charge in [-0.3, -0.25) is 0 Å². The van der Waals surface area contributed by atoms with Gasteiger partial charge in [0.15, 0.2) is 0 Å². The molecule has 204 valence electrons. The van der Waals surface area contributed by atoms with Crippen LogP contribution in [0.4, 0.5) is 0 Å². The third kappa shape index (κ3) is 3.41. The Morgan fingerprint density at radius 2 is 0.955 bits per heavy atom. The Hall–Kier alpha value is -5.66. The molecule has 0 saturated heterocycles. The second-order valence-corrected chi connectivity index (χ2v) is 12.0. The van der Waals surface area contributed by atoms with Gasteiger partial charge in [0.1, 0.15) is 11.2 Å². The Balaban J connectivity index is 1.21. The molecular formula is C43H26O. The number of hydrogen-bond donors (Lipinski definition) is 0. The van der Waals surface area contributed by atoms with E-state index in [0.29, 0.717) is 0 Å². The highest BCUT2D eigenvalue weighted by atomic mass is 16.3. The fourth-order valence-corrected chi connectivity index (χ4v) is 7.42. The van der Waals surface area contributed by atoms with Crippen molar-refractivity contribution in [1.82, 2.24) is 0 Å². The summed E-state index contributed by atoms with van der Waals surface area (Å²) in [5.74, 6) is 0. The van der Waals surface area contributed by atoms with Crippen LogP contribution in [-0.4, -0.2) is 0 Å². The molecule has 9 aromatic rings. The molecule has 0 aliphatic heterocycles. The number of furan rings is 1. The molecule has 0 atom stereocenters. The van der Waals surface area contributed by atoms with Crippen molar-refractivity contribution in [2.24, 2.45) is 0 Å². The summed E-state index contributed by atoms with van der Waals surface area (Å²) in [6.07, 6.45) is 1.13. The summed E-state index contributed by atoms with van der Waals surface area (Å²) in [5.41, 5.74) is 12.2. The Kier molecular flexibility index (Phi) is 4.84. The third-order valence-electron chi connectivity index (χ3n) is 9.55. The summed E-state index contributed by atoms with van der Waals surface area (Å²) in [6.45, 7) is 0. The summed E-state index contributed by atoms with van der Waals surface area (Å²) in [4.78, 5) is 0. The average Bonchev–Trinajstić information content (AvgIpc) is 3.74. The normalized spacial score (nSPS) is 12.5. The molecule has 0 spiro atoms. The molecule has 1 heteroatoms. The number of hydrogen-bond acceptors (Lipinski definition) is 1. The molecule has 1 heterocycles. The molecular weight excluding hydrogens is 532 g/mol. The highest BCUT2D eigenvalue weighted by Crippen LogP contribution is 2.47. The monoisotopic (exact) mass is 558 g/mol. The molecule has 1 aliphatic rings. The van der Waals surface area contributed by atoms with E-state index in [1.165, 1.54) is 71.3 Å². The lowest BCUT2D eigenvalue weighted by Crippen LogP contribution is -1.91. The first kappa shape index (κ1) is 23.9. The average molecular weight is 559 g/mol. The van der Waals surface area contributed by atoms with Crippen molar-refractivity contribution >= 4 is 54.3 Å². The van der Waals surface area contributed by atoms with E-state index in [1.807, 2.05) is 6.07 Å². The molecule has 0 bridgehead atoms. The van der Waals surface area contributed by atoms with Gasteiger partial charge in [-0.15, -0.1) is 0 Å². The van der Waals surface area contributed by atoms with E-state index in [-0.39, 0.29) is 0 Å². The minimum Gasteiger partial charge on any atom is -0.455 e. The highest BCUT2D eigenvalue weighted by Gasteiger charge is 2.21. The topological polar surface area (TPSA) is 13.1 Å². The zero-order valence-electron chi connectivity index (χ0n) is 24.0. The second-order valence-electron chi connectivity index (χ2n) is 12.0. The predicted octanol–water partition coefficient (Wildman–Crippen LogP) is 12.0. The number of benzene rings is 8. The van der Waals surface area contributed by atoms with Crippen molar-refractivity contribution in [2.45, 2.75) is 6.42 Å². The van der Waals surface area contributed by atoms with E-state index < -0.39 is 0 Å². The van der Waals surface area contributed by atoms with Gasteiger partial charge in [0.2, 0.25) is 0 Å². The third-order valence-corrected chi connectivity index (χ3v) is 9.55. The van der Waals surface area contributed by atoms with Gasteiger partial charge in [0.25, 0.3) is 0 Å². The van der Waals surface area contributed by atoms with Crippen LogP contribution in [0.25, 0.3) is 87.6 Å². The number of fused-ring (bicyclic) bond motifs is 7. The maximum atomic E-state index is 6.55. The van der Waals surface area contributed by atoms with Gasteiger partial charge in [0, 0.05) is 21.9 Å². The van der Waals surface area contributed by atoms with E-state index in [2.05, 4.69) is 140 Å². The smallest absolute Gasteiger partial charge is 0.143 e. The first-order valence-corrected chi connectivity index (χ1v) is 15.3. The zero-order valence-corrected chi connectivity index (χ0v) is 24.0. The van der Waals surface area contributed by atoms with Gasteiger partial charge in [-0.1, -0.05) is 133 Å². The SMILES string of the molecule is c1cc(-c2ccc(-c3c4ccccc4c(-c4cccc5c4oc4ccccc45)c4ccccc34)cc2)c2cc3c(cc2c1)C3. The summed E-state index contributed by atoms with van der Waals surface area (Å²) in [5, 5.41) is 9.93. The molecule has 0 unspecified atom stereocenters. The molecule has 0 amide bonds. The number of rotatable bonds is 3. The minimum atomic E-state index is 0.921. The molecule has 1 aromatic heterocycles. The number of para-hydroxylation sites is 2. The van der Waals surface area contributed by atoms with E-state index in [1.54, 1.807) is 0 Å². The van der Waals surface area contributed by atoms with Crippen LogP contribution >= 0.6 is 0 Å². The van der Waals surface area contributed by atoms with Crippen molar-refractivity contribution in [1.29, 1.82) is 0 Å². The predicted molar refractivity (Wildman–Crippen MR) is 185 cm³/mol. The molecule has 1 aliphatic carbocycles. The van der Waals surface area contributed by atoms with Crippen molar-refractivity contribution in [3.05, 3.63) is 157 Å². The van der Waals surface area contributed by atoms with Gasteiger partial charge in [-0.25, -0.2) is 0 Å². The Morgan fingerprint density at radius 1 is 0.386 bits per heavy atom. The molecule has 10 rings (SSSR count).